The lowest BCUT2D eigenvalue weighted by Crippen LogP contribution is -2.26. The van der Waals surface area contributed by atoms with Crippen molar-refractivity contribution in [2.45, 2.75) is 26.4 Å². The molecule has 4 aromatic rings. The summed E-state index contributed by atoms with van der Waals surface area (Å²) in [7, 11) is 0. The number of nitrogens with one attached hydrogen (secondary N) is 2. The predicted molar refractivity (Wildman–Crippen MR) is 119 cm³/mol. The molecule has 1 aliphatic rings. The zero-order valence-corrected chi connectivity index (χ0v) is 17.5. The fourth-order valence-corrected chi connectivity index (χ4v) is 4.09. The first-order valence-electron chi connectivity index (χ1n) is 10.4. The highest BCUT2D eigenvalue weighted by Gasteiger charge is 2.22. The zero-order valence-electron chi connectivity index (χ0n) is 17.5. The van der Waals surface area contributed by atoms with E-state index < -0.39 is 5.91 Å². The van der Waals surface area contributed by atoms with Gasteiger partial charge in [0.25, 0.3) is 5.91 Å². The first-order valence-corrected chi connectivity index (χ1v) is 10.4. The van der Waals surface area contributed by atoms with Crippen molar-refractivity contribution >= 4 is 17.4 Å². The van der Waals surface area contributed by atoms with Gasteiger partial charge in [0.2, 0.25) is 0 Å². The van der Waals surface area contributed by atoms with Crippen molar-refractivity contribution in [2.24, 2.45) is 5.73 Å². The van der Waals surface area contributed by atoms with Gasteiger partial charge in [-0.05, 0) is 49.7 Å². The maximum absolute atomic E-state index is 13.6. The molecule has 0 bridgehead atoms. The van der Waals surface area contributed by atoms with Crippen LogP contribution in [0.3, 0.4) is 0 Å². The Morgan fingerprint density at radius 1 is 1.25 bits per heavy atom. The molecule has 8 nitrogen and oxygen atoms in total. The van der Waals surface area contributed by atoms with E-state index in [9.17, 15) is 9.18 Å². The van der Waals surface area contributed by atoms with Crippen LogP contribution in [0.15, 0.2) is 42.6 Å². The summed E-state index contributed by atoms with van der Waals surface area (Å²) >= 11 is 0. The van der Waals surface area contributed by atoms with E-state index in [1.54, 1.807) is 22.6 Å². The van der Waals surface area contributed by atoms with Gasteiger partial charge in [0.05, 0.1) is 17.0 Å². The average Bonchev–Trinajstić information content (AvgIpc) is 3.13. The molecule has 1 aliphatic heterocycles. The average molecular weight is 431 g/mol. The summed E-state index contributed by atoms with van der Waals surface area (Å²) in [5.41, 5.74) is 10.5. The molecular weight excluding hydrogens is 409 g/mol. The lowest BCUT2D eigenvalue weighted by atomic mass is 10.1. The summed E-state index contributed by atoms with van der Waals surface area (Å²) in [6.45, 7) is 3.75. The Bertz CT molecular complexity index is 1350. The van der Waals surface area contributed by atoms with Crippen LogP contribution in [0.4, 0.5) is 10.2 Å². The van der Waals surface area contributed by atoms with Crippen LogP contribution in [0, 0.1) is 12.7 Å². The van der Waals surface area contributed by atoms with Crippen molar-refractivity contribution in [3.05, 3.63) is 76.5 Å². The summed E-state index contributed by atoms with van der Waals surface area (Å²) in [6.07, 6.45) is 2.61. The fourth-order valence-electron chi connectivity index (χ4n) is 4.09. The number of aryl methyl sites for hydroxylation is 1. The molecule has 162 valence electrons. The van der Waals surface area contributed by atoms with Crippen LogP contribution in [0.25, 0.3) is 17.2 Å². The van der Waals surface area contributed by atoms with Gasteiger partial charge in [-0.1, -0.05) is 12.1 Å². The third kappa shape index (κ3) is 3.56. The second-order valence-electron chi connectivity index (χ2n) is 7.76. The molecule has 0 fully saturated rings. The molecule has 4 heterocycles. The highest BCUT2D eigenvalue weighted by Crippen LogP contribution is 2.28. The van der Waals surface area contributed by atoms with Gasteiger partial charge in [-0.2, -0.15) is 0 Å². The number of rotatable bonds is 5. The van der Waals surface area contributed by atoms with Gasteiger partial charge in [-0.3, -0.25) is 9.20 Å². The summed E-state index contributed by atoms with van der Waals surface area (Å²) in [4.78, 5) is 26.1. The molecule has 0 unspecified atom stereocenters. The topological polar surface area (TPSA) is 110 Å². The van der Waals surface area contributed by atoms with E-state index >= 15 is 0 Å². The van der Waals surface area contributed by atoms with Gasteiger partial charge in [0.1, 0.15) is 23.0 Å². The number of anilines is 1. The maximum atomic E-state index is 13.6. The molecule has 0 aliphatic carbocycles. The highest BCUT2D eigenvalue weighted by molar-refractivity contribution is 5.99. The number of nitrogens with two attached hydrogens (primary N) is 1. The van der Waals surface area contributed by atoms with E-state index in [4.69, 9.17) is 15.7 Å². The summed E-state index contributed by atoms with van der Waals surface area (Å²) in [5, 5.41) is 6.71. The molecule has 0 saturated heterocycles. The number of benzene rings is 1. The van der Waals surface area contributed by atoms with Gasteiger partial charge < -0.3 is 16.4 Å². The van der Waals surface area contributed by atoms with Crippen molar-refractivity contribution in [2.75, 3.05) is 11.9 Å². The number of primary amides is 1. The van der Waals surface area contributed by atoms with Crippen LogP contribution in [0.5, 0.6) is 0 Å². The number of imidazole rings is 1. The van der Waals surface area contributed by atoms with Crippen molar-refractivity contribution < 1.29 is 9.18 Å². The van der Waals surface area contributed by atoms with Crippen LogP contribution < -0.4 is 16.4 Å². The van der Waals surface area contributed by atoms with Crippen molar-refractivity contribution in [1.29, 1.82) is 0 Å². The van der Waals surface area contributed by atoms with Gasteiger partial charge >= 0.3 is 0 Å². The zero-order chi connectivity index (χ0) is 22.2. The van der Waals surface area contributed by atoms with E-state index in [0.29, 0.717) is 41.5 Å². The van der Waals surface area contributed by atoms with Crippen LogP contribution >= 0.6 is 0 Å². The van der Waals surface area contributed by atoms with Crippen molar-refractivity contribution in [3.8, 4) is 11.5 Å². The smallest absolute Gasteiger partial charge is 0.252 e. The van der Waals surface area contributed by atoms with E-state index in [2.05, 4.69) is 15.6 Å². The SMILES string of the molecule is Cc1nc2c(C(N)=O)cccn2c1-c1nc2c(c(NCc3cccc(F)c3)n1)CCNC2. The van der Waals surface area contributed by atoms with Crippen LogP contribution in [0.1, 0.15) is 32.9 Å². The third-order valence-electron chi connectivity index (χ3n) is 5.59. The van der Waals surface area contributed by atoms with E-state index in [-0.39, 0.29) is 5.82 Å². The number of nitrogens with zero attached hydrogens (tertiary/aromatic N) is 4. The fraction of sp³-hybridized carbons (Fsp3) is 0.217. The van der Waals surface area contributed by atoms with Gasteiger partial charge in [0.15, 0.2) is 5.82 Å². The summed E-state index contributed by atoms with van der Waals surface area (Å²) in [5.74, 6) is 0.405. The van der Waals surface area contributed by atoms with E-state index in [1.807, 2.05) is 19.2 Å². The quantitative estimate of drug-likeness (QED) is 0.448. The van der Waals surface area contributed by atoms with Crippen LogP contribution in [0.2, 0.25) is 0 Å². The molecule has 0 saturated carbocycles. The molecule has 1 aromatic carbocycles. The summed E-state index contributed by atoms with van der Waals surface area (Å²) in [6, 6.07) is 9.89. The van der Waals surface area contributed by atoms with Gasteiger partial charge in [0, 0.05) is 24.8 Å². The Morgan fingerprint density at radius 3 is 2.94 bits per heavy atom. The van der Waals surface area contributed by atoms with Crippen molar-refractivity contribution in [1.82, 2.24) is 24.7 Å². The molecule has 0 radical (unpaired) electrons. The normalized spacial score (nSPS) is 13.2. The molecule has 32 heavy (non-hydrogen) atoms. The first-order chi connectivity index (χ1) is 15.5. The Balaban J connectivity index is 1.61. The largest absolute Gasteiger partial charge is 0.366 e. The van der Waals surface area contributed by atoms with E-state index in [1.165, 1.54) is 12.1 Å². The van der Waals surface area contributed by atoms with Crippen molar-refractivity contribution in [3.63, 3.8) is 0 Å². The number of carbonyl (C=O) groups is 1. The minimum atomic E-state index is -0.542. The number of hydrogen-bond acceptors (Lipinski definition) is 6. The maximum Gasteiger partial charge on any atom is 0.252 e. The number of hydrogen-bond donors (Lipinski definition) is 3. The lowest BCUT2D eigenvalue weighted by Gasteiger charge is -2.21. The van der Waals surface area contributed by atoms with E-state index in [0.717, 1.165) is 35.6 Å². The highest BCUT2D eigenvalue weighted by atomic mass is 19.1. The monoisotopic (exact) mass is 431 g/mol. The number of pyridine rings is 1. The third-order valence-corrected chi connectivity index (χ3v) is 5.59. The van der Waals surface area contributed by atoms with Gasteiger partial charge in [-0.25, -0.2) is 19.3 Å². The molecule has 0 atom stereocenters. The van der Waals surface area contributed by atoms with Crippen LogP contribution in [-0.2, 0) is 19.5 Å². The Hall–Kier alpha value is -3.85. The Morgan fingerprint density at radius 2 is 2.12 bits per heavy atom. The number of amides is 1. The second-order valence-corrected chi connectivity index (χ2v) is 7.76. The Kier molecular flexibility index (Phi) is 5.02. The number of halogens is 1. The molecule has 0 spiro atoms. The molecule has 3 aromatic heterocycles. The number of carbonyl (C=O) groups excluding carboxylic acids is 1. The molecular formula is C23H22FN7O. The number of aromatic nitrogens is 4. The molecule has 4 N–H and O–H groups in total. The second kappa shape index (κ2) is 8.01. The van der Waals surface area contributed by atoms with Crippen LogP contribution in [-0.4, -0.2) is 31.8 Å². The Labute approximate surface area is 183 Å². The minimum absolute atomic E-state index is 0.273. The molecule has 1 amide bonds. The standard InChI is InChI=1S/C23H22FN7O/c1-13-19(31-9-3-6-17(20(25)32)23(31)28-13)22-29-18-12-26-8-7-16(18)21(30-22)27-11-14-4-2-5-15(24)10-14/h2-6,9-10,26H,7-8,11-12H2,1H3,(H2,25,32)(H,27,29,30). The number of fused-ring (bicyclic) bond motifs is 2. The molecule has 5 rings (SSSR count). The van der Waals surface area contributed by atoms with Gasteiger partial charge in [-0.15, -0.1) is 0 Å². The predicted octanol–water partition coefficient (Wildman–Crippen LogP) is 2.60. The molecule has 9 heteroatoms. The first kappa shape index (κ1) is 20.1. The lowest BCUT2D eigenvalue weighted by molar-refractivity contribution is 0.100. The minimum Gasteiger partial charge on any atom is -0.366 e. The summed E-state index contributed by atoms with van der Waals surface area (Å²) < 4.78 is 15.4.